The Bertz CT molecular complexity index is 235. The average molecular weight is 208 g/mol. The highest BCUT2D eigenvalue weighted by molar-refractivity contribution is 5.54. The van der Waals surface area contributed by atoms with Crippen LogP contribution in [0, 0.1) is 5.41 Å². The lowest BCUT2D eigenvalue weighted by molar-refractivity contribution is -0.0923. The molecule has 0 bridgehead atoms. The SMILES string of the molecule is C/C(=C\N(C=N)C(C)(C)C)C(F)(F)F. The maximum absolute atomic E-state index is 12.2. The molecule has 0 saturated heterocycles. The third-order valence-electron chi connectivity index (χ3n) is 1.69. The summed E-state index contributed by atoms with van der Waals surface area (Å²) in [4.78, 5) is 1.22. The number of nitrogens with one attached hydrogen (secondary N) is 1. The van der Waals surface area contributed by atoms with Gasteiger partial charge in [0.05, 0.1) is 6.34 Å². The zero-order chi connectivity index (χ0) is 11.6. The third-order valence-corrected chi connectivity index (χ3v) is 1.69. The molecule has 0 fully saturated rings. The van der Waals surface area contributed by atoms with Crippen LogP contribution in [0.25, 0.3) is 0 Å². The number of rotatable bonds is 2. The Morgan fingerprint density at radius 2 is 1.64 bits per heavy atom. The van der Waals surface area contributed by atoms with Gasteiger partial charge in [0.2, 0.25) is 0 Å². The lowest BCUT2D eigenvalue weighted by atomic mass is 10.1. The molecule has 82 valence electrons. The highest BCUT2D eigenvalue weighted by Gasteiger charge is 2.31. The van der Waals surface area contributed by atoms with Crippen molar-refractivity contribution in [3.63, 3.8) is 0 Å². The third kappa shape index (κ3) is 3.81. The maximum atomic E-state index is 12.2. The summed E-state index contributed by atoms with van der Waals surface area (Å²) in [6.07, 6.45) is -2.51. The Kier molecular flexibility index (Phi) is 3.73. The monoisotopic (exact) mass is 208 g/mol. The molecule has 0 aliphatic carbocycles. The molecular weight excluding hydrogens is 193 g/mol. The van der Waals surface area contributed by atoms with Crippen molar-refractivity contribution in [2.24, 2.45) is 0 Å². The molecule has 0 aliphatic rings. The van der Waals surface area contributed by atoms with Crippen molar-refractivity contribution in [2.45, 2.75) is 39.4 Å². The van der Waals surface area contributed by atoms with Gasteiger partial charge in [0.15, 0.2) is 0 Å². The molecule has 0 unspecified atom stereocenters. The van der Waals surface area contributed by atoms with Gasteiger partial charge in [0.1, 0.15) is 0 Å². The summed E-state index contributed by atoms with van der Waals surface area (Å²) in [5.41, 5.74) is -1.23. The molecule has 0 radical (unpaired) electrons. The molecule has 2 nitrogen and oxygen atoms in total. The van der Waals surface area contributed by atoms with E-state index in [0.29, 0.717) is 0 Å². The molecule has 0 amide bonds. The minimum atomic E-state index is -4.33. The standard InChI is InChI=1S/C9H15F3N2/c1-7(9(10,11)12)5-14(6-13)8(2,3)4/h5-6,13H,1-4H3/b7-5+,13-6?. The van der Waals surface area contributed by atoms with Crippen molar-refractivity contribution < 1.29 is 13.2 Å². The number of hydrogen-bond donors (Lipinski definition) is 1. The first kappa shape index (κ1) is 13.0. The Balaban J connectivity index is 4.86. The van der Waals surface area contributed by atoms with Gasteiger partial charge >= 0.3 is 6.18 Å². The fraction of sp³-hybridized carbons (Fsp3) is 0.667. The van der Waals surface area contributed by atoms with E-state index in [9.17, 15) is 13.2 Å². The largest absolute Gasteiger partial charge is 0.413 e. The molecular formula is C9H15F3N2. The van der Waals surface area contributed by atoms with Gasteiger partial charge in [-0.05, 0) is 27.7 Å². The van der Waals surface area contributed by atoms with Crippen LogP contribution in [0.1, 0.15) is 27.7 Å². The Labute approximate surface area is 81.9 Å². The van der Waals surface area contributed by atoms with Gasteiger partial charge in [-0.1, -0.05) is 0 Å². The summed E-state index contributed by atoms with van der Waals surface area (Å²) in [5, 5.41) is 7.00. The first-order chi connectivity index (χ1) is 6.09. The van der Waals surface area contributed by atoms with Gasteiger partial charge in [-0.3, -0.25) is 5.41 Å². The minimum absolute atomic E-state index is 0.520. The first-order valence-electron chi connectivity index (χ1n) is 4.13. The molecule has 0 aromatic rings. The van der Waals surface area contributed by atoms with Crippen molar-refractivity contribution in [3.8, 4) is 0 Å². The van der Waals surface area contributed by atoms with Crippen molar-refractivity contribution in [2.75, 3.05) is 0 Å². The van der Waals surface area contributed by atoms with Crippen LogP contribution in [0.15, 0.2) is 11.8 Å². The number of halogens is 3. The van der Waals surface area contributed by atoms with Crippen LogP contribution < -0.4 is 0 Å². The normalized spacial score (nSPS) is 14.1. The quantitative estimate of drug-likeness (QED) is 0.547. The van der Waals surface area contributed by atoms with E-state index in [1.807, 2.05) is 0 Å². The highest BCUT2D eigenvalue weighted by atomic mass is 19.4. The van der Waals surface area contributed by atoms with Gasteiger partial charge in [0.25, 0.3) is 0 Å². The molecule has 1 N–H and O–H groups in total. The van der Waals surface area contributed by atoms with Crippen LogP contribution >= 0.6 is 0 Å². The molecule has 0 rings (SSSR count). The molecule has 0 spiro atoms. The molecule has 0 aliphatic heterocycles. The van der Waals surface area contributed by atoms with Crippen molar-refractivity contribution in [1.29, 1.82) is 5.41 Å². The predicted octanol–water partition coefficient (Wildman–Crippen LogP) is 3.16. The number of nitrogens with zero attached hydrogens (tertiary/aromatic N) is 1. The summed E-state index contributed by atoms with van der Waals surface area (Å²) in [7, 11) is 0. The first-order valence-corrected chi connectivity index (χ1v) is 4.13. The summed E-state index contributed by atoms with van der Waals surface area (Å²) >= 11 is 0. The summed E-state index contributed by atoms with van der Waals surface area (Å²) in [6, 6.07) is 0. The molecule has 0 aromatic heterocycles. The van der Waals surface area contributed by atoms with E-state index in [-0.39, 0.29) is 0 Å². The maximum Gasteiger partial charge on any atom is 0.413 e. The number of hydrogen-bond acceptors (Lipinski definition) is 1. The zero-order valence-corrected chi connectivity index (χ0v) is 8.74. The second kappa shape index (κ2) is 4.02. The molecule has 0 heterocycles. The van der Waals surface area contributed by atoms with E-state index in [1.165, 1.54) is 4.90 Å². The average Bonchev–Trinajstić information content (AvgIpc) is 1.95. The van der Waals surface area contributed by atoms with Crippen LogP contribution in [0.5, 0.6) is 0 Å². The van der Waals surface area contributed by atoms with Crippen LogP contribution in [0.4, 0.5) is 13.2 Å². The zero-order valence-electron chi connectivity index (χ0n) is 8.74. The van der Waals surface area contributed by atoms with Gasteiger partial charge < -0.3 is 4.90 Å². The number of alkyl halides is 3. The molecule has 14 heavy (non-hydrogen) atoms. The van der Waals surface area contributed by atoms with Crippen LogP contribution in [0.3, 0.4) is 0 Å². The highest BCUT2D eigenvalue weighted by Crippen LogP contribution is 2.26. The van der Waals surface area contributed by atoms with Crippen LogP contribution in [-0.4, -0.2) is 23.0 Å². The van der Waals surface area contributed by atoms with Crippen LogP contribution in [-0.2, 0) is 0 Å². The van der Waals surface area contributed by atoms with E-state index < -0.39 is 17.3 Å². The Hall–Kier alpha value is -1.00. The van der Waals surface area contributed by atoms with Gasteiger partial charge in [-0.15, -0.1) is 0 Å². The molecule has 0 atom stereocenters. The van der Waals surface area contributed by atoms with Gasteiger partial charge in [-0.2, -0.15) is 13.2 Å². The minimum Gasteiger partial charge on any atom is -0.334 e. The lowest BCUT2D eigenvalue weighted by Gasteiger charge is -2.31. The number of allylic oxidation sites excluding steroid dienone is 1. The molecule has 0 saturated carbocycles. The van der Waals surface area contributed by atoms with E-state index in [4.69, 9.17) is 5.41 Å². The molecule has 0 aromatic carbocycles. The second-order valence-electron chi connectivity index (χ2n) is 4.02. The van der Waals surface area contributed by atoms with E-state index in [0.717, 1.165) is 19.5 Å². The summed E-state index contributed by atoms with van der Waals surface area (Å²) in [5.74, 6) is 0. The Morgan fingerprint density at radius 1 is 1.21 bits per heavy atom. The topological polar surface area (TPSA) is 27.1 Å². The lowest BCUT2D eigenvalue weighted by Crippen LogP contribution is -2.36. The summed E-state index contributed by atoms with van der Waals surface area (Å²) in [6.45, 7) is 6.19. The van der Waals surface area contributed by atoms with Gasteiger partial charge in [0, 0.05) is 17.3 Å². The van der Waals surface area contributed by atoms with E-state index >= 15 is 0 Å². The van der Waals surface area contributed by atoms with E-state index in [2.05, 4.69) is 0 Å². The Morgan fingerprint density at radius 3 is 1.86 bits per heavy atom. The van der Waals surface area contributed by atoms with Gasteiger partial charge in [-0.25, -0.2) is 0 Å². The smallest absolute Gasteiger partial charge is 0.334 e. The van der Waals surface area contributed by atoms with Crippen molar-refractivity contribution >= 4 is 6.34 Å². The molecule has 5 heteroatoms. The second-order valence-corrected chi connectivity index (χ2v) is 4.02. The fourth-order valence-corrected chi connectivity index (χ4v) is 0.706. The van der Waals surface area contributed by atoms with Crippen LogP contribution in [0.2, 0.25) is 0 Å². The fourth-order valence-electron chi connectivity index (χ4n) is 0.706. The predicted molar refractivity (Wildman–Crippen MR) is 50.2 cm³/mol. The van der Waals surface area contributed by atoms with E-state index in [1.54, 1.807) is 20.8 Å². The van der Waals surface area contributed by atoms with Crippen molar-refractivity contribution in [3.05, 3.63) is 11.8 Å². The summed E-state index contributed by atoms with van der Waals surface area (Å²) < 4.78 is 36.5. The van der Waals surface area contributed by atoms with Crippen molar-refractivity contribution in [1.82, 2.24) is 4.90 Å².